The summed E-state index contributed by atoms with van der Waals surface area (Å²) in [5.74, 6) is -0.938. The molecule has 0 unspecified atom stereocenters. The molecule has 112 valence electrons. The predicted molar refractivity (Wildman–Crippen MR) is 74.6 cm³/mol. The van der Waals surface area contributed by atoms with Crippen molar-refractivity contribution < 1.29 is 19.1 Å². The van der Waals surface area contributed by atoms with Gasteiger partial charge in [-0.25, -0.2) is 0 Å². The topological polar surface area (TPSA) is 52.6 Å². The van der Waals surface area contributed by atoms with Crippen LogP contribution in [-0.4, -0.2) is 26.2 Å². The van der Waals surface area contributed by atoms with Gasteiger partial charge >= 0.3 is 11.9 Å². The third-order valence-corrected chi connectivity index (χ3v) is 3.13. The van der Waals surface area contributed by atoms with Crippen molar-refractivity contribution in [3.8, 4) is 0 Å². The summed E-state index contributed by atoms with van der Waals surface area (Å²) in [6.07, 6.45) is 2.84. The fourth-order valence-corrected chi connectivity index (χ4v) is 2.36. The average molecular weight is 272 g/mol. The van der Waals surface area contributed by atoms with Crippen molar-refractivity contribution >= 4 is 11.9 Å². The maximum atomic E-state index is 11.9. The highest BCUT2D eigenvalue weighted by molar-refractivity contribution is 5.76. The van der Waals surface area contributed by atoms with Gasteiger partial charge in [0.05, 0.1) is 26.1 Å². The molecule has 4 nitrogen and oxygen atoms in total. The van der Waals surface area contributed by atoms with Gasteiger partial charge in [0.2, 0.25) is 0 Å². The summed E-state index contributed by atoms with van der Waals surface area (Å²) >= 11 is 0. The summed E-state index contributed by atoms with van der Waals surface area (Å²) in [6, 6.07) is 0. The van der Waals surface area contributed by atoms with Crippen LogP contribution in [0.4, 0.5) is 0 Å². The number of hydrogen-bond acceptors (Lipinski definition) is 4. The van der Waals surface area contributed by atoms with E-state index in [1.54, 1.807) is 0 Å². The van der Waals surface area contributed by atoms with E-state index < -0.39 is 0 Å². The molecule has 0 aromatic heterocycles. The van der Waals surface area contributed by atoms with Gasteiger partial charge in [-0.05, 0) is 24.7 Å². The van der Waals surface area contributed by atoms with Crippen molar-refractivity contribution in [1.82, 2.24) is 0 Å². The molecule has 0 aromatic carbocycles. The quantitative estimate of drug-likeness (QED) is 0.668. The van der Waals surface area contributed by atoms with Crippen molar-refractivity contribution in [3.05, 3.63) is 0 Å². The summed E-state index contributed by atoms with van der Waals surface area (Å²) in [7, 11) is 2.78. The van der Waals surface area contributed by atoms with Crippen molar-refractivity contribution in [2.24, 2.45) is 17.3 Å². The molecule has 0 rings (SSSR count). The lowest BCUT2D eigenvalue weighted by Gasteiger charge is -2.26. The van der Waals surface area contributed by atoms with E-state index in [1.807, 2.05) is 6.92 Å². The van der Waals surface area contributed by atoms with E-state index in [2.05, 4.69) is 20.8 Å². The molecule has 19 heavy (non-hydrogen) atoms. The van der Waals surface area contributed by atoms with Gasteiger partial charge in [0.1, 0.15) is 0 Å². The number of esters is 2. The molecular weight excluding hydrogens is 244 g/mol. The Hall–Kier alpha value is -1.06. The van der Waals surface area contributed by atoms with E-state index in [-0.39, 0.29) is 29.2 Å². The molecule has 0 aliphatic rings. The summed E-state index contributed by atoms with van der Waals surface area (Å²) in [5.41, 5.74) is 0.0196. The number of carbonyl (C=O) groups excluding carboxylic acids is 2. The van der Waals surface area contributed by atoms with Crippen molar-refractivity contribution in [2.45, 2.75) is 53.4 Å². The van der Waals surface area contributed by atoms with Gasteiger partial charge in [-0.1, -0.05) is 34.1 Å². The third-order valence-electron chi connectivity index (χ3n) is 3.13. The molecule has 0 amide bonds. The maximum Gasteiger partial charge on any atom is 0.308 e. The highest BCUT2D eigenvalue weighted by atomic mass is 16.5. The Labute approximate surface area is 116 Å². The second-order valence-corrected chi connectivity index (χ2v) is 6.23. The molecule has 0 aliphatic heterocycles. The number of rotatable bonds is 7. The molecule has 0 aromatic rings. The van der Waals surface area contributed by atoms with Gasteiger partial charge in [0.25, 0.3) is 0 Å². The third kappa shape index (κ3) is 7.19. The van der Waals surface area contributed by atoms with E-state index in [9.17, 15) is 9.59 Å². The van der Waals surface area contributed by atoms with Crippen LogP contribution in [0.2, 0.25) is 0 Å². The normalized spacial score (nSPS) is 14.6. The van der Waals surface area contributed by atoms with E-state index in [4.69, 9.17) is 9.47 Å². The maximum absolute atomic E-state index is 11.9. The Balaban J connectivity index is 4.84. The largest absolute Gasteiger partial charge is 0.469 e. The van der Waals surface area contributed by atoms with Crippen molar-refractivity contribution in [2.75, 3.05) is 14.2 Å². The molecule has 0 bridgehead atoms. The Kier molecular flexibility index (Phi) is 7.72. The molecule has 0 aliphatic carbocycles. The van der Waals surface area contributed by atoms with E-state index in [0.717, 1.165) is 12.8 Å². The van der Waals surface area contributed by atoms with Gasteiger partial charge in [-0.2, -0.15) is 0 Å². The molecule has 0 saturated heterocycles. The number of ether oxygens (including phenoxy) is 2. The van der Waals surface area contributed by atoms with Gasteiger partial charge in [0, 0.05) is 0 Å². The molecule has 0 radical (unpaired) electrons. The van der Waals surface area contributed by atoms with Crippen LogP contribution in [0.1, 0.15) is 53.4 Å². The van der Waals surface area contributed by atoms with Crippen LogP contribution in [0.3, 0.4) is 0 Å². The first-order valence-electron chi connectivity index (χ1n) is 6.90. The number of carbonyl (C=O) groups is 2. The SMILES string of the molecule is CCC[C@H](C[C@H](CC(C)(C)C)C(=O)OC)C(=O)OC. The molecule has 4 heteroatoms. The Morgan fingerprint density at radius 1 is 1.00 bits per heavy atom. The van der Waals surface area contributed by atoms with E-state index in [0.29, 0.717) is 12.8 Å². The van der Waals surface area contributed by atoms with Crippen molar-refractivity contribution in [3.63, 3.8) is 0 Å². The van der Waals surface area contributed by atoms with Gasteiger partial charge in [0.15, 0.2) is 0 Å². The molecule has 0 N–H and O–H groups in total. The van der Waals surface area contributed by atoms with Gasteiger partial charge in [-0.3, -0.25) is 9.59 Å². The Morgan fingerprint density at radius 2 is 1.47 bits per heavy atom. The number of hydrogen-bond donors (Lipinski definition) is 0. The standard InChI is InChI=1S/C15H28O4/c1-7-8-11(13(16)18-5)9-12(14(17)19-6)10-15(2,3)4/h11-12H,7-10H2,1-6H3/t11-,12-/m1/s1. The Bertz CT molecular complexity index is 291. The second kappa shape index (κ2) is 8.18. The zero-order valence-electron chi connectivity index (χ0n) is 13.1. The average Bonchev–Trinajstić information content (AvgIpc) is 2.33. The zero-order chi connectivity index (χ0) is 15.1. The lowest BCUT2D eigenvalue weighted by Crippen LogP contribution is -2.28. The second-order valence-electron chi connectivity index (χ2n) is 6.23. The molecule has 0 fully saturated rings. The lowest BCUT2D eigenvalue weighted by molar-refractivity contribution is -0.150. The first-order chi connectivity index (χ1) is 8.75. The van der Waals surface area contributed by atoms with Crippen LogP contribution in [-0.2, 0) is 19.1 Å². The summed E-state index contributed by atoms with van der Waals surface area (Å²) in [5, 5.41) is 0. The fraction of sp³-hybridized carbons (Fsp3) is 0.867. The lowest BCUT2D eigenvalue weighted by atomic mass is 9.80. The van der Waals surface area contributed by atoms with Crippen LogP contribution in [0.15, 0.2) is 0 Å². The zero-order valence-corrected chi connectivity index (χ0v) is 13.1. The highest BCUT2D eigenvalue weighted by Crippen LogP contribution is 2.31. The molecule has 2 atom stereocenters. The molecule has 0 saturated carbocycles. The highest BCUT2D eigenvalue weighted by Gasteiger charge is 2.31. The molecular formula is C15H28O4. The van der Waals surface area contributed by atoms with Gasteiger partial charge in [-0.15, -0.1) is 0 Å². The Morgan fingerprint density at radius 3 is 1.84 bits per heavy atom. The summed E-state index contributed by atoms with van der Waals surface area (Å²) < 4.78 is 9.68. The smallest absolute Gasteiger partial charge is 0.308 e. The van der Waals surface area contributed by atoms with E-state index in [1.165, 1.54) is 14.2 Å². The molecule has 0 heterocycles. The van der Waals surface area contributed by atoms with Gasteiger partial charge < -0.3 is 9.47 Å². The van der Waals surface area contributed by atoms with Crippen LogP contribution >= 0.6 is 0 Å². The first kappa shape index (κ1) is 17.9. The number of methoxy groups -OCH3 is 2. The van der Waals surface area contributed by atoms with E-state index >= 15 is 0 Å². The van der Waals surface area contributed by atoms with Crippen molar-refractivity contribution in [1.29, 1.82) is 0 Å². The van der Waals surface area contributed by atoms with Crippen LogP contribution in [0.5, 0.6) is 0 Å². The summed E-state index contributed by atoms with van der Waals surface area (Å²) in [4.78, 5) is 23.6. The first-order valence-corrected chi connectivity index (χ1v) is 6.90. The fourth-order valence-electron chi connectivity index (χ4n) is 2.36. The monoisotopic (exact) mass is 272 g/mol. The summed E-state index contributed by atoms with van der Waals surface area (Å²) in [6.45, 7) is 8.26. The minimum atomic E-state index is -0.249. The van der Waals surface area contributed by atoms with Crippen LogP contribution < -0.4 is 0 Å². The minimum Gasteiger partial charge on any atom is -0.469 e. The minimum absolute atomic E-state index is 0.0196. The van der Waals surface area contributed by atoms with Crippen LogP contribution in [0.25, 0.3) is 0 Å². The molecule has 0 spiro atoms. The predicted octanol–water partition coefficient (Wildman–Crippen LogP) is 3.19. The van der Waals surface area contributed by atoms with Crippen LogP contribution in [0, 0.1) is 17.3 Å².